The zero-order valence-electron chi connectivity index (χ0n) is 15.7. The number of hydrogen-bond donors (Lipinski definition) is 1. The van der Waals surface area contributed by atoms with E-state index < -0.39 is 0 Å². The molecule has 2 aromatic carbocycles. The molecule has 5 nitrogen and oxygen atoms in total. The summed E-state index contributed by atoms with van der Waals surface area (Å²) in [6.07, 6.45) is 1.10. The fraction of sp³-hybridized carbons (Fsp3) is 0.381. The van der Waals surface area contributed by atoms with Gasteiger partial charge in [0, 0.05) is 28.8 Å². The number of carbonyl (C=O) groups is 1. The Labute approximate surface area is 168 Å². The Morgan fingerprint density at radius 2 is 1.93 bits per heavy atom. The van der Waals surface area contributed by atoms with Crippen molar-refractivity contribution >= 4 is 33.2 Å². The molecule has 0 unspecified atom stereocenters. The molecular formula is C21H25BrN2O3. The van der Waals surface area contributed by atoms with Crippen molar-refractivity contribution in [1.29, 1.82) is 0 Å². The summed E-state index contributed by atoms with van der Waals surface area (Å²) < 4.78 is 12.1. The van der Waals surface area contributed by atoms with Gasteiger partial charge >= 0.3 is 0 Å². The number of nitrogens with one attached hydrogen (secondary N) is 1. The molecule has 2 aromatic rings. The average Bonchev–Trinajstić information content (AvgIpc) is 2.69. The Morgan fingerprint density at radius 3 is 2.56 bits per heavy atom. The van der Waals surface area contributed by atoms with Crippen molar-refractivity contribution in [1.82, 2.24) is 0 Å². The number of nitrogens with zero attached hydrogens (tertiary/aromatic N) is 1. The van der Waals surface area contributed by atoms with Crippen LogP contribution in [-0.4, -0.2) is 38.3 Å². The Hall–Kier alpha value is -2.05. The van der Waals surface area contributed by atoms with Crippen LogP contribution in [0.2, 0.25) is 0 Å². The second-order valence-electron chi connectivity index (χ2n) is 6.58. The highest BCUT2D eigenvalue weighted by atomic mass is 79.9. The van der Waals surface area contributed by atoms with Crippen molar-refractivity contribution in [3.63, 3.8) is 0 Å². The lowest BCUT2D eigenvalue weighted by atomic mass is 10.2. The van der Waals surface area contributed by atoms with Gasteiger partial charge in [0.25, 0.3) is 5.91 Å². The smallest absolute Gasteiger partial charge is 0.255 e. The lowest BCUT2D eigenvalue weighted by Crippen LogP contribution is -2.36. The standard InChI is InChI=1S/C21H25BrN2O3/c1-3-15(2)27-18-7-4-16(5-8-18)21(25)23-17-6-9-20(19(22)14-17)24-10-12-26-13-11-24/h4-9,14-15H,3,10-13H2,1-2H3,(H,23,25)/t15-/m1/s1. The largest absolute Gasteiger partial charge is 0.491 e. The van der Waals surface area contributed by atoms with Crippen molar-refractivity contribution in [2.75, 3.05) is 36.5 Å². The van der Waals surface area contributed by atoms with Gasteiger partial charge in [-0.05, 0) is 71.7 Å². The minimum atomic E-state index is -0.142. The van der Waals surface area contributed by atoms with Gasteiger partial charge in [-0.2, -0.15) is 0 Å². The monoisotopic (exact) mass is 432 g/mol. The summed E-state index contributed by atoms with van der Waals surface area (Å²) in [6.45, 7) is 7.32. The summed E-state index contributed by atoms with van der Waals surface area (Å²) in [6, 6.07) is 13.1. The predicted octanol–water partition coefficient (Wildman–Crippen LogP) is 4.72. The van der Waals surface area contributed by atoms with Crippen LogP contribution < -0.4 is 15.0 Å². The number of hydrogen-bond acceptors (Lipinski definition) is 4. The van der Waals surface area contributed by atoms with Gasteiger partial charge in [-0.3, -0.25) is 4.79 Å². The maximum Gasteiger partial charge on any atom is 0.255 e. The summed E-state index contributed by atoms with van der Waals surface area (Å²) in [5, 5.41) is 2.95. The third-order valence-electron chi connectivity index (χ3n) is 4.59. The summed E-state index contributed by atoms with van der Waals surface area (Å²) in [5.74, 6) is 0.634. The van der Waals surface area contributed by atoms with Crippen LogP contribution in [0.5, 0.6) is 5.75 Å². The fourth-order valence-electron chi connectivity index (χ4n) is 2.85. The third-order valence-corrected chi connectivity index (χ3v) is 5.22. The highest BCUT2D eigenvalue weighted by molar-refractivity contribution is 9.10. The molecule has 3 rings (SSSR count). The normalized spacial score (nSPS) is 15.3. The second kappa shape index (κ2) is 9.24. The molecule has 0 aromatic heterocycles. The van der Waals surface area contributed by atoms with Crippen LogP contribution >= 0.6 is 15.9 Å². The number of halogens is 1. The molecule has 0 spiro atoms. The number of carbonyl (C=O) groups excluding carboxylic acids is 1. The lowest BCUT2D eigenvalue weighted by molar-refractivity contribution is 0.102. The van der Waals surface area contributed by atoms with E-state index in [0.29, 0.717) is 5.56 Å². The number of anilines is 2. The molecule has 6 heteroatoms. The van der Waals surface area contributed by atoms with Gasteiger partial charge in [0.1, 0.15) is 5.75 Å². The van der Waals surface area contributed by atoms with Crippen molar-refractivity contribution in [2.24, 2.45) is 0 Å². The van der Waals surface area contributed by atoms with Gasteiger partial charge in [-0.25, -0.2) is 0 Å². The number of rotatable bonds is 6. The number of ether oxygens (including phenoxy) is 2. The molecule has 27 heavy (non-hydrogen) atoms. The first-order valence-electron chi connectivity index (χ1n) is 9.27. The minimum absolute atomic E-state index is 0.142. The van der Waals surface area contributed by atoms with Crippen LogP contribution in [0.1, 0.15) is 30.6 Å². The van der Waals surface area contributed by atoms with E-state index in [9.17, 15) is 4.79 Å². The zero-order valence-corrected chi connectivity index (χ0v) is 17.3. The maximum absolute atomic E-state index is 12.5. The summed E-state index contributed by atoms with van der Waals surface area (Å²) in [4.78, 5) is 14.8. The molecule has 1 saturated heterocycles. The van der Waals surface area contributed by atoms with Crippen molar-refractivity contribution in [3.8, 4) is 5.75 Å². The predicted molar refractivity (Wildman–Crippen MR) is 112 cm³/mol. The van der Waals surface area contributed by atoms with E-state index in [1.165, 1.54) is 0 Å². The van der Waals surface area contributed by atoms with E-state index in [0.717, 1.165) is 54.3 Å². The molecule has 144 valence electrons. The molecule has 1 N–H and O–H groups in total. The van der Waals surface area contributed by atoms with Crippen LogP contribution in [0.25, 0.3) is 0 Å². The highest BCUT2D eigenvalue weighted by Gasteiger charge is 2.15. The number of morpholine rings is 1. The number of amides is 1. The highest BCUT2D eigenvalue weighted by Crippen LogP contribution is 2.30. The van der Waals surface area contributed by atoms with Crippen LogP contribution in [0.3, 0.4) is 0 Å². The van der Waals surface area contributed by atoms with Gasteiger partial charge in [-0.1, -0.05) is 6.92 Å². The average molecular weight is 433 g/mol. The summed E-state index contributed by atoms with van der Waals surface area (Å²) in [7, 11) is 0. The van der Waals surface area contributed by atoms with Gasteiger partial charge in [0.15, 0.2) is 0 Å². The SMILES string of the molecule is CC[C@@H](C)Oc1ccc(C(=O)Nc2ccc(N3CCOCC3)c(Br)c2)cc1. The van der Waals surface area contributed by atoms with Crippen molar-refractivity contribution in [2.45, 2.75) is 26.4 Å². The Balaban J connectivity index is 1.64. The first kappa shape index (κ1) is 19.7. The molecular weight excluding hydrogens is 408 g/mol. The molecule has 1 amide bonds. The molecule has 0 bridgehead atoms. The molecule has 1 aliphatic heterocycles. The van der Waals surface area contributed by atoms with Crippen LogP contribution in [0.15, 0.2) is 46.9 Å². The van der Waals surface area contributed by atoms with Gasteiger partial charge in [0.2, 0.25) is 0 Å². The van der Waals surface area contributed by atoms with E-state index in [1.54, 1.807) is 12.1 Å². The number of benzene rings is 2. The van der Waals surface area contributed by atoms with Gasteiger partial charge in [-0.15, -0.1) is 0 Å². The first-order chi connectivity index (χ1) is 13.1. The molecule has 1 heterocycles. The quantitative estimate of drug-likeness (QED) is 0.717. The zero-order chi connectivity index (χ0) is 19.2. The molecule has 1 fully saturated rings. The third kappa shape index (κ3) is 5.23. The van der Waals surface area contributed by atoms with E-state index in [-0.39, 0.29) is 12.0 Å². The topological polar surface area (TPSA) is 50.8 Å². The van der Waals surface area contributed by atoms with Gasteiger partial charge in [0.05, 0.1) is 25.0 Å². The Bertz CT molecular complexity index is 773. The second-order valence-corrected chi connectivity index (χ2v) is 7.44. The maximum atomic E-state index is 12.5. The molecule has 1 aliphatic rings. The molecule has 0 radical (unpaired) electrons. The van der Waals surface area contributed by atoms with E-state index in [2.05, 4.69) is 33.1 Å². The van der Waals surface area contributed by atoms with Crippen LogP contribution in [-0.2, 0) is 4.74 Å². The Kier molecular flexibility index (Phi) is 6.74. The Morgan fingerprint density at radius 1 is 1.22 bits per heavy atom. The first-order valence-corrected chi connectivity index (χ1v) is 10.1. The minimum Gasteiger partial charge on any atom is -0.491 e. The van der Waals surface area contributed by atoms with E-state index in [1.807, 2.05) is 37.3 Å². The molecule has 0 saturated carbocycles. The summed E-state index contributed by atoms with van der Waals surface area (Å²) >= 11 is 3.62. The fourth-order valence-corrected chi connectivity index (χ4v) is 3.48. The van der Waals surface area contributed by atoms with E-state index in [4.69, 9.17) is 9.47 Å². The molecule has 0 aliphatic carbocycles. The molecule has 1 atom stereocenters. The summed E-state index contributed by atoms with van der Waals surface area (Å²) in [5.41, 5.74) is 2.46. The van der Waals surface area contributed by atoms with Gasteiger partial charge < -0.3 is 19.7 Å². The van der Waals surface area contributed by atoms with Crippen LogP contribution in [0, 0.1) is 0 Å². The lowest BCUT2D eigenvalue weighted by Gasteiger charge is -2.29. The van der Waals surface area contributed by atoms with E-state index >= 15 is 0 Å². The van der Waals surface area contributed by atoms with Crippen molar-refractivity contribution < 1.29 is 14.3 Å². The van der Waals surface area contributed by atoms with Crippen molar-refractivity contribution in [3.05, 3.63) is 52.5 Å². The van der Waals surface area contributed by atoms with Crippen LogP contribution in [0.4, 0.5) is 11.4 Å².